The molecule has 16 heavy (non-hydrogen) atoms. The molecule has 0 saturated heterocycles. The number of aryl methyl sites for hydroxylation is 1. The third-order valence-corrected chi connectivity index (χ3v) is 2.69. The van der Waals surface area contributed by atoms with Crippen molar-refractivity contribution in [2.45, 2.75) is 32.7 Å². The zero-order chi connectivity index (χ0) is 12.0. The topological polar surface area (TPSA) is 21.3 Å². The average Bonchev–Trinajstić information content (AvgIpc) is 2.29. The normalized spacial score (nSPS) is 12.5. The molecule has 0 aliphatic heterocycles. The first-order valence-electron chi connectivity index (χ1n) is 5.70. The molecule has 0 fully saturated rings. The van der Waals surface area contributed by atoms with E-state index in [1.54, 1.807) is 19.1 Å². The van der Waals surface area contributed by atoms with Crippen LogP contribution in [-0.2, 0) is 0 Å². The van der Waals surface area contributed by atoms with E-state index in [0.29, 0.717) is 24.0 Å². The van der Waals surface area contributed by atoms with Gasteiger partial charge in [-0.3, -0.25) is 0 Å². The van der Waals surface area contributed by atoms with Gasteiger partial charge < -0.3 is 10.1 Å². The Kier molecular flexibility index (Phi) is 5.26. The lowest BCUT2D eigenvalue weighted by Gasteiger charge is -2.11. The highest BCUT2D eigenvalue weighted by Crippen LogP contribution is 2.19. The van der Waals surface area contributed by atoms with Crippen molar-refractivity contribution in [3.63, 3.8) is 0 Å². The Morgan fingerprint density at radius 3 is 2.88 bits per heavy atom. The lowest BCUT2D eigenvalue weighted by atomic mass is 10.2. The molecule has 0 aliphatic rings. The second-order valence-corrected chi connectivity index (χ2v) is 4.07. The van der Waals surface area contributed by atoms with Crippen LogP contribution in [0.5, 0.6) is 5.75 Å². The lowest BCUT2D eigenvalue weighted by Crippen LogP contribution is -2.21. The second-order valence-electron chi connectivity index (χ2n) is 4.07. The molecule has 1 aromatic carbocycles. The van der Waals surface area contributed by atoms with E-state index in [4.69, 9.17) is 4.74 Å². The van der Waals surface area contributed by atoms with Crippen LogP contribution in [0.3, 0.4) is 0 Å². The molecule has 0 aromatic heterocycles. The number of hydrogen-bond donors (Lipinski definition) is 1. The molecular weight excluding hydrogens is 205 g/mol. The number of ether oxygens (including phenoxy) is 1. The third kappa shape index (κ3) is 3.81. The minimum Gasteiger partial charge on any atom is -0.491 e. The first kappa shape index (κ1) is 13.0. The molecule has 0 bridgehead atoms. The SMILES string of the molecule is CNC(C)CCCOc1cccc(C)c1F. The minimum atomic E-state index is -0.246. The van der Waals surface area contributed by atoms with Crippen molar-refractivity contribution < 1.29 is 9.13 Å². The predicted molar refractivity (Wildman–Crippen MR) is 64.4 cm³/mol. The van der Waals surface area contributed by atoms with Crippen molar-refractivity contribution in [2.24, 2.45) is 0 Å². The van der Waals surface area contributed by atoms with Crippen molar-refractivity contribution >= 4 is 0 Å². The number of benzene rings is 1. The summed E-state index contributed by atoms with van der Waals surface area (Å²) in [5.41, 5.74) is 0.626. The maximum atomic E-state index is 13.5. The smallest absolute Gasteiger partial charge is 0.167 e. The van der Waals surface area contributed by atoms with Crippen molar-refractivity contribution in [3.05, 3.63) is 29.6 Å². The number of nitrogens with one attached hydrogen (secondary N) is 1. The van der Waals surface area contributed by atoms with Gasteiger partial charge in [0.2, 0.25) is 0 Å². The van der Waals surface area contributed by atoms with Gasteiger partial charge in [-0.1, -0.05) is 12.1 Å². The fraction of sp³-hybridized carbons (Fsp3) is 0.538. The van der Waals surface area contributed by atoms with Crippen LogP contribution in [0.25, 0.3) is 0 Å². The predicted octanol–water partition coefficient (Wildman–Crippen LogP) is 2.90. The summed E-state index contributed by atoms with van der Waals surface area (Å²) in [7, 11) is 1.94. The molecule has 2 nitrogen and oxygen atoms in total. The maximum absolute atomic E-state index is 13.5. The summed E-state index contributed by atoms with van der Waals surface area (Å²) < 4.78 is 18.9. The van der Waals surface area contributed by atoms with Crippen molar-refractivity contribution in [1.29, 1.82) is 0 Å². The Morgan fingerprint density at radius 2 is 2.19 bits per heavy atom. The molecule has 0 heterocycles. The summed E-state index contributed by atoms with van der Waals surface area (Å²) in [6.07, 6.45) is 1.96. The van der Waals surface area contributed by atoms with Gasteiger partial charge in [-0.25, -0.2) is 4.39 Å². The van der Waals surface area contributed by atoms with Crippen molar-refractivity contribution in [2.75, 3.05) is 13.7 Å². The Hall–Kier alpha value is -1.09. The van der Waals surface area contributed by atoms with Crippen LogP contribution in [0, 0.1) is 12.7 Å². The van der Waals surface area contributed by atoms with E-state index in [-0.39, 0.29) is 5.82 Å². The highest BCUT2D eigenvalue weighted by molar-refractivity contribution is 5.29. The van der Waals surface area contributed by atoms with E-state index in [2.05, 4.69) is 12.2 Å². The van der Waals surface area contributed by atoms with Crippen LogP contribution in [0.2, 0.25) is 0 Å². The molecule has 0 aliphatic carbocycles. The Morgan fingerprint density at radius 1 is 1.44 bits per heavy atom. The van der Waals surface area contributed by atoms with Gasteiger partial charge >= 0.3 is 0 Å². The molecule has 90 valence electrons. The largest absolute Gasteiger partial charge is 0.491 e. The standard InChI is InChI=1S/C13H20FNO/c1-10-6-4-8-12(13(10)14)16-9-5-7-11(2)15-3/h4,6,8,11,15H,5,7,9H2,1-3H3. The van der Waals surface area contributed by atoms with Gasteiger partial charge in [0.05, 0.1) is 6.61 Å². The molecule has 1 rings (SSSR count). The van der Waals surface area contributed by atoms with Crippen molar-refractivity contribution in [1.82, 2.24) is 5.32 Å². The maximum Gasteiger partial charge on any atom is 0.167 e. The summed E-state index contributed by atoms with van der Waals surface area (Å²) >= 11 is 0. The summed E-state index contributed by atoms with van der Waals surface area (Å²) in [4.78, 5) is 0. The van der Waals surface area contributed by atoms with Gasteiger partial charge in [-0.15, -0.1) is 0 Å². The van der Waals surface area contributed by atoms with Gasteiger partial charge in [0.15, 0.2) is 11.6 Å². The highest BCUT2D eigenvalue weighted by atomic mass is 19.1. The van der Waals surface area contributed by atoms with Crippen LogP contribution in [0.4, 0.5) is 4.39 Å². The van der Waals surface area contributed by atoms with E-state index in [1.165, 1.54) is 0 Å². The molecule has 1 atom stereocenters. The first-order chi connectivity index (χ1) is 7.65. The zero-order valence-electron chi connectivity index (χ0n) is 10.2. The van der Waals surface area contributed by atoms with Gasteiger partial charge in [0.1, 0.15) is 0 Å². The number of halogens is 1. The highest BCUT2D eigenvalue weighted by Gasteiger charge is 2.05. The lowest BCUT2D eigenvalue weighted by molar-refractivity contribution is 0.285. The zero-order valence-corrected chi connectivity index (χ0v) is 10.2. The number of rotatable bonds is 6. The van der Waals surface area contributed by atoms with Gasteiger partial charge in [0, 0.05) is 6.04 Å². The van der Waals surface area contributed by atoms with Gasteiger partial charge in [-0.2, -0.15) is 0 Å². The quantitative estimate of drug-likeness (QED) is 0.752. The van der Waals surface area contributed by atoms with Crippen LogP contribution < -0.4 is 10.1 Å². The van der Waals surface area contributed by atoms with Crippen LogP contribution in [0.1, 0.15) is 25.3 Å². The van der Waals surface area contributed by atoms with E-state index in [1.807, 2.05) is 13.1 Å². The van der Waals surface area contributed by atoms with Crippen LogP contribution in [-0.4, -0.2) is 19.7 Å². The average molecular weight is 225 g/mol. The van der Waals surface area contributed by atoms with Gasteiger partial charge in [-0.05, 0) is 45.4 Å². The van der Waals surface area contributed by atoms with E-state index in [0.717, 1.165) is 12.8 Å². The van der Waals surface area contributed by atoms with E-state index in [9.17, 15) is 4.39 Å². The first-order valence-corrected chi connectivity index (χ1v) is 5.70. The molecule has 0 spiro atoms. The summed E-state index contributed by atoms with van der Waals surface area (Å²) in [5, 5.41) is 3.15. The monoisotopic (exact) mass is 225 g/mol. The fourth-order valence-corrected chi connectivity index (χ4v) is 1.45. The Bertz CT molecular complexity index is 328. The Balaban J connectivity index is 2.35. The second kappa shape index (κ2) is 6.48. The molecular formula is C13H20FNO. The van der Waals surface area contributed by atoms with Crippen LogP contribution in [0.15, 0.2) is 18.2 Å². The van der Waals surface area contributed by atoms with Gasteiger partial charge in [0.25, 0.3) is 0 Å². The summed E-state index contributed by atoms with van der Waals surface area (Å²) in [5.74, 6) is 0.112. The number of hydrogen-bond acceptors (Lipinski definition) is 2. The molecule has 3 heteroatoms. The minimum absolute atomic E-state index is 0.246. The summed E-state index contributed by atoms with van der Waals surface area (Å²) in [6.45, 7) is 4.42. The summed E-state index contributed by atoms with van der Waals surface area (Å²) in [6, 6.07) is 5.70. The molecule has 1 unspecified atom stereocenters. The molecule has 1 aromatic rings. The van der Waals surface area contributed by atoms with E-state index < -0.39 is 0 Å². The molecule has 0 radical (unpaired) electrons. The van der Waals surface area contributed by atoms with Crippen molar-refractivity contribution in [3.8, 4) is 5.75 Å². The molecule has 0 saturated carbocycles. The molecule has 0 amide bonds. The van der Waals surface area contributed by atoms with Crippen LogP contribution >= 0.6 is 0 Å². The fourth-order valence-electron chi connectivity index (χ4n) is 1.45. The molecule has 1 N–H and O–H groups in total. The van der Waals surface area contributed by atoms with E-state index >= 15 is 0 Å². The Labute approximate surface area is 96.8 Å². The third-order valence-electron chi connectivity index (χ3n) is 2.69.